The molecule has 2 aliphatic heterocycles. The fraction of sp³-hybridized carbons (Fsp3) is 0.375. The molecule has 3 N–H and O–H groups in total. The molecule has 2 fully saturated rings. The molecule has 2 aromatic carbocycles. The smallest absolute Gasteiger partial charge is 0.497 e. The van der Waals surface area contributed by atoms with Crippen LogP contribution in [-0.2, 0) is 9.59 Å². The van der Waals surface area contributed by atoms with Crippen LogP contribution in [0.3, 0.4) is 0 Å². The maximum atomic E-state index is 13.1. The summed E-state index contributed by atoms with van der Waals surface area (Å²) in [5.74, 6) is -1.29. The average Bonchev–Trinajstić information content (AvgIpc) is 2.89. The van der Waals surface area contributed by atoms with E-state index in [9.17, 15) is 27.6 Å². The number of thioether (sulfide) groups is 1. The van der Waals surface area contributed by atoms with Gasteiger partial charge in [0.2, 0.25) is 11.8 Å². The van der Waals surface area contributed by atoms with E-state index in [1.807, 2.05) is 12.1 Å². The molecule has 0 bridgehead atoms. The Morgan fingerprint density at radius 1 is 1.03 bits per heavy atom. The van der Waals surface area contributed by atoms with Crippen LogP contribution in [-0.4, -0.2) is 72.5 Å². The number of fused-ring (bicyclic) bond motifs is 1. The van der Waals surface area contributed by atoms with Gasteiger partial charge in [-0.05, 0) is 42.0 Å². The Labute approximate surface area is 220 Å². The molecule has 204 valence electrons. The van der Waals surface area contributed by atoms with Crippen molar-refractivity contribution >= 4 is 35.3 Å². The zero-order valence-corrected chi connectivity index (χ0v) is 21.4. The summed E-state index contributed by atoms with van der Waals surface area (Å²) in [6, 6.07) is 11.6. The molecular formula is C24H26F3N5O5S. The number of carbonyl (C=O) groups excluding carboxylic acids is 3. The SMILES string of the molecule is COc1ccc(C2NC(SCC(=O)Nc3ccc(OC(F)(F)F)cc3)C3C(=O)N(C)C(=O)N(C)C3N2)cc1. The van der Waals surface area contributed by atoms with Crippen molar-refractivity contribution in [1.29, 1.82) is 0 Å². The van der Waals surface area contributed by atoms with Crippen molar-refractivity contribution in [2.75, 3.05) is 32.3 Å². The van der Waals surface area contributed by atoms with Gasteiger partial charge in [0.1, 0.15) is 11.5 Å². The molecule has 0 spiro atoms. The lowest BCUT2D eigenvalue weighted by Gasteiger charge is -2.50. The van der Waals surface area contributed by atoms with Crippen molar-refractivity contribution in [2.24, 2.45) is 5.92 Å². The van der Waals surface area contributed by atoms with Gasteiger partial charge in [0.15, 0.2) is 0 Å². The van der Waals surface area contributed by atoms with E-state index in [1.165, 1.54) is 35.8 Å². The lowest BCUT2D eigenvalue weighted by molar-refractivity contribution is -0.274. The average molecular weight is 554 g/mol. The van der Waals surface area contributed by atoms with Gasteiger partial charge in [0.05, 0.1) is 36.5 Å². The minimum atomic E-state index is -4.81. The van der Waals surface area contributed by atoms with E-state index < -0.39 is 47.7 Å². The van der Waals surface area contributed by atoms with Gasteiger partial charge >= 0.3 is 12.4 Å². The fourth-order valence-electron chi connectivity index (χ4n) is 4.29. The van der Waals surface area contributed by atoms with E-state index in [0.717, 1.165) is 22.6 Å². The number of rotatable bonds is 7. The monoisotopic (exact) mass is 553 g/mol. The first-order chi connectivity index (χ1) is 18.0. The molecule has 2 aliphatic rings. The molecule has 14 heteroatoms. The summed E-state index contributed by atoms with van der Waals surface area (Å²) in [5.41, 5.74) is 1.13. The van der Waals surface area contributed by atoms with Crippen LogP contribution in [0.5, 0.6) is 11.5 Å². The lowest BCUT2D eigenvalue weighted by atomic mass is 9.96. The molecule has 0 aliphatic carbocycles. The molecule has 0 radical (unpaired) electrons. The number of nitrogens with one attached hydrogen (secondary N) is 3. The molecule has 4 rings (SSSR count). The summed E-state index contributed by atoms with van der Waals surface area (Å²) < 4.78 is 46.1. The van der Waals surface area contributed by atoms with E-state index in [-0.39, 0.29) is 17.3 Å². The van der Waals surface area contributed by atoms with Gasteiger partial charge in [-0.25, -0.2) is 4.79 Å². The van der Waals surface area contributed by atoms with Crippen LogP contribution in [0.4, 0.5) is 23.7 Å². The van der Waals surface area contributed by atoms with Gasteiger partial charge in [-0.15, -0.1) is 24.9 Å². The molecular weight excluding hydrogens is 527 g/mol. The summed E-state index contributed by atoms with van der Waals surface area (Å²) in [4.78, 5) is 40.9. The van der Waals surface area contributed by atoms with Crippen LogP contribution >= 0.6 is 11.8 Å². The van der Waals surface area contributed by atoms with Crippen molar-refractivity contribution in [1.82, 2.24) is 20.4 Å². The first-order valence-electron chi connectivity index (χ1n) is 11.4. The Kier molecular flexibility index (Phi) is 8.04. The Morgan fingerprint density at radius 3 is 2.26 bits per heavy atom. The number of ether oxygens (including phenoxy) is 2. The molecule has 4 unspecified atom stereocenters. The van der Waals surface area contributed by atoms with Crippen LogP contribution in [0.2, 0.25) is 0 Å². The summed E-state index contributed by atoms with van der Waals surface area (Å²) in [6.45, 7) is 0. The highest BCUT2D eigenvalue weighted by molar-refractivity contribution is 8.00. The zero-order valence-electron chi connectivity index (χ0n) is 20.6. The third-order valence-corrected chi connectivity index (χ3v) is 7.39. The van der Waals surface area contributed by atoms with Crippen LogP contribution in [0.1, 0.15) is 11.7 Å². The van der Waals surface area contributed by atoms with Crippen molar-refractivity contribution in [3.8, 4) is 11.5 Å². The molecule has 4 amide bonds. The lowest BCUT2D eigenvalue weighted by Crippen LogP contribution is -2.72. The molecule has 0 saturated carbocycles. The van der Waals surface area contributed by atoms with Gasteiger partial charge in [-0.3, -0.25) is 25.1 Å². The minimum absolute atomic E-state index is 0.0638. The summed E-state index contributed by atoms with van der Waals surface area (Å²) in [5, 5.41) is 8.75. The first-order valence-corrected chi connectivity index (χ1v) is 12.5. The predicted octanol–water partition coefficient (Wildman–Crippen LogP) is 2.95. The van der Waals surface area contributed by atoms with E-state index in [0.29, 0.717) is 5.75 Å². The van der Waals surface area contributed by atoms with Gasteiger partial charge in [-0.1, -0.05) is 12.1 Å². The standard InChI is InChI=1S/C24H26F3N5O5S/c1-31-20-18(22(34)32(2)23(31)35)21(30-19(29-20)13-4-8-15(36-3)9-5-13)38-12-17(33)28-14-6-10-16(11-7-14)37-24(25,26)27/h4-11,18-21,29-30H,12H2,1-3H3,(H,28,33). The number of halogens is 3. The Morgan fingerprint density at radius 2 is 1.66 bits per heavy atom. The van der Waals surface area contributed by atoms with Gasteiger partial charge in [-0.2, -0.15) is 0 Å². The second kappa shape index (κ2) is 11.1. The number of imide groups is 1. The number of amides is 4. The number of hydrogen-bond donors (Lipinski definition) is 3. The molecule has 10 nitrogen and oxygen atoms in total. The molecule has 4 atom stereocenters. The quantitative estimate of drug-likeness (QED) is 0.480. The van der Waals surface area contributed by atoms with Crippen molar-refractivity contribution in [2.45, 2.75) is 24.1 Å². The third-order valence-electron chi connectivity index (χ3n) is 6.17. The third kappa shape index (κ3) is 6.14. The van der Waals surface area contributed by atoms with Crippen LogP contribution in [0, 0.1) is 5.92 Å². The van der Waals surface area contributed by atoms with Crippen molar-refractivity contribution in [3.05, 3.63) is 54.1 Å². The van der Waals surface area contributed by atoms with Gasteiger partial charge in [0.25, 0.3) is 0 Å². The van der Waals surface area contributed by atoms with Crippen molar-refractivity contribution in [3.63, 3.8) is 0 Å². The second-order valence-electron chi connectivity index (χ2n) is 8.65. The highest BCUT2D eigenvalue weighted by atomic mass is 32.2. The van der Waals surface area contributed by atoms with Crippen molar-refractivity contribution < 1.29 is 37.0 Å². The zero-order chi connectivity index (χ0) is 27.6. The highest BCUT2D eigenvalue weighted by Crippen LogP contribution is 2.35. The van der Waals surface area contributed by atoms with E-state index in [2.05, 4.69) is 20.7 Å². The maximum Gasteiger partial charge on any atom is 0.573 e. The Hall–Kier alpha value is -3.49. The predicted molar refractivity (Wildman–Crippen MR) is 133 cm³/mol. The fourth-order valence-corrected chi connectivity index (χ4v) is 5.40. The van der Waals surface area contributed by atoms with Crippen LogP contribution in [0.25, 0.3) is 0 Å². The molecule has 2 heterocycles. The number of benzene rings is 2. The number of hydrogen-bond acceptors (Lipinski definition) is 8. The van der Waals surface area contributed by atoms with Crippen LogP contribution in [0.15, 0.2) is 48.5 Å². The minimum Gasteiger partial charge on any atom is -0.497 e. The number of anilines is 1. The summed E-state index contributed by atoms with van der Waals surface area (Å²) in [6.07, 6.45) is -5.87. The van der Waals surface area contributed by atoms with E-state index in [4.69, 9.17) is 4.74 Å². The number of carbonyl (C=O) groups is 3. The van der Waals surface area contributed by atoms with E-state index >= 15 is 0 Å². The molecule has 2 aromatic rings. The number of methoxy groups -OCH3 is 1. The molecule has 38 heavy (non-hydrogen) atoms. The second-order valence-corrected chi connectivity index (χ2v) is 9.78. The molecule has 0 aromatic heterocycles. The largest absolute Gasteiger partial charge is 0.573 e. The van der Waals surface area contributed by atoms with Gasteiger partial charge in [0, 0.05) is 19.8 Å². The maximum absolute atomic E-state index is 13.1. The number of alkyl halides is 3. The van der Waals surface area contributed by atoms with Gasteiger partial charge < -0.3 is 19.7 Å². The summed E-state index contributed by atoms with van der Waals surface area (Å²) >= 11 is 1.19. The Bertz CT molecular complexity index is 1180. The highest BCUT2D eigenvalue weighted by Gasteiger charge is 2.51. The molecule has 2 saturated heterocycles. The normalized spacial score (nSPS) is 23.6. The number of urea groups is 1. The first kappa shape index (κ1) is 27.5. The van der Waals surface area contributed by atoms with Crippen LogP contribution < -0.4 is 25.4 Å². The Balaban J connectivity index is 1.47. The number of nitrogens with zero attached hydrogens (tertiary/aromatic N) is 2. The topological polar surface area (TPSA) is 112 Å². The summed E-state index contributed by atoms with van der Waals surface area (Å²) in [7, 11) is 4.57. The van der Waals surface area contributed by atoms with E-state index in [1.54, 1.807) is 26.3 Å².